The van der Waals surface area contributed by atoms with Crippen LogP contribution in [0.1, 0.15) is 76.9 Å². The molecule has 0 radical (unpaired) electrons. The van der Waals surface area contributed by atoms with Gasteiger partial charge in [-0.2, -0.15) is 0 Å². The first-order valence-electron chi connectivity index (χ1n) is 10.6. The fourth-order valence-corrected chi connectivity index (χ4v) is 3.59. The number of nitrogens with one attached hydrogen (secondary N) is 2. The average molecular weight is 490 g/mol. The SMILES string of the molecule is CCCCC(CC)CNC(=NC)NCCCc1nnc2n1CCCCC2.I. The van der Waals surface area contributed by atoms with Gasteiger partial charge in [-0.3, -0.25) is 4.99 Å². The summed E-state index contributed by atoms with van der Waals surface area (Å²) < 4.78 is 2.35. The minimum atomic E-state index is 0. The third-order valence-electron chi connectivity index (χ3n) is 5.38. The molecule has 0 fully saturated rings. The molecule has 1 aliphatic heterocycles. The van der Waals surface area contributed by atoms with Crippen LogP contribution in [-0.2, 0) is 19.4 Å². The van der Waals surface area contributed by atoms with Crippen molar-refractivity contribution in [1.82, 2.24) is 25.4 Å². The van der Waals surface area contributed by atoms with Crippen molar-refractivity contribution in [2.24, 2.45) is 10.9 Å². The Balaban J connectivity index is 0.00000364. The smallest absolute Gasteiger partial charge is 0.190 e. The summed E-state index contributed by atoms with van der Waals surface area (Å²) in [5.41, 5.74) is 0. The lowest BCUT2D eigenvalue weighted by Crippen LogP contribution is -2.40. The van der Waals surface area contributed by atoms with E-state index in [4.69, 9.17) is 0 Å². The number of unbranched alkanes of at least 4 members (excludes halogenated alkanes) is 1. The van der Waals surface area contributed by atoms with Gasteiger partial charge in [-0.25, -0.2) is 0 Å². The number of fused-ring (bicyclic) bond motifs is 1. The van der Waals surface area contributed by atoms with E-state index in [-0.39, 0.29) is 24.0 Å². The molecule has 0 aliphatic carbocycles. The van der Waals surface area contributed by atoms with Gasteiger partial charge in [0.2, 0.25) is 0 Å². The molecule has 156 valence electrons. The standard InChI is InChI=1S/C20H38N6.HI/c1-4-6-11-17(5-2)16-23-20(21-3)22-14-10-13-19-25-24-18-12-8-7-9-15-26(18)19;/h17H,4-16H2,1-3H3,(H2,21,22,23);1H. The molecular formula is C20H39IN6. The topological polar surface area (TPSA) is 67.1 Å². The summed E-state index contributed by atoms with van der Waals surface area (Å²) in [6.07, 6.45) is 12.0. The fourth-order valence-electron chi connectivity index (χ4n) is 3.59. The zero-order chi connectivity index (χ0) is 18.6. The third kappa shape index (κ3) is 8.35. The van der Waals surface area contributed by atoms with Gasteiger partial charge < -0.3 is 15.2 Å². The van der Waals surface area contributed by atoms with E-state index in [2.05, 4.69) is 44.2 Å². The second-order valence-corrected chi connectivity index (χ2v) is 7.39. The molecule has 27 heavy (non-hydrogen) atoms. The van der Waals surface area contributed by atoms with Gasteiger partial charge in [0.15, 0.2) is 5.96 Å². The third-order valence-corrected chi connectivity index (χ3v) is 5.38. The minimum Gasteiger partial charge on any atom is -0.356 e. The molecule has 0 bridgehead atoms. The maximum atomic E-state index is 4.41. The predicted molar refractivity (Wildman–Crippen MR) is 124 cm³/mol. The van der Waals surface area contributed by atoms with Gasteiger partial charge in [0.1, 0.15) is 11.6 Å². The van der Waals surface area contributed by atoms with Gasteiger partial charge in [0.25, 0.3) is 0 Å². The van der Waals surface area contributed by atoms with Crippen LogP contribution in [0.5, 0.6) is 0 Å². The summed E-state index contributed by atoms with van der Waals surface area (Å²) in [5, 5.41) is 15.7. The van der Waals surface area contributed by atoms with Crippen molar-refractivity contribution in [1.29, 1.82) is 0 Å². The number of rotatable bonds is 10. The number of halogens is 1. The molecule has 1 aromatic heterocycles. The van der Waals surface area contributed by atoms with Gasteiger partial charge in [-0.05, 0) is 31.6 Å². The Morgan fingerprint density at radius 1 is 1.15 bits per heavy atom. The molecule has 0 saturated heterocycles. The van der Waals surface area contributed by atoms with Crippen molar-refractivity contribution in [3.8, 4) is 0 Å². The summed E-state index contributed by atoms with van der Waals surface area (Å²) >= 11 is 0. The second-order valence-electron chi connectivity index (χ2n) is 7.39. The molecule has 1 atom stereocenters. The van der Waals surface area contributed by atoms with Gasteiger partial charge in [0, 0.05) is 39.5 Å². The van der Waals surface area contributed by atoms with E-state index < -0.39 is 0 Å². The molecule has 1 unspecified atom stereocenters. The number of hydrogen-bond donors (Lipinski definition) is 2. The lowest BCUT2D eigenvalue weighted by atomic mass is 9.99. The van der Waals surface area contributed by atoms with E-state index >= 15 is 0 Å². The highest BCUT2D eigenvalue weighted by molar-refractivity contribution is 14.0. The van der Waals surface area contributed by atoms with Gasteiger partial charge in [-0.1, -0.05) is 39.5 Å². The van der Waals surface area contributed by atoms with Crippen LogP contribution in [0.3, 0.4) is 0 Å². The first kappa shape index (κ1) is 24.2. The predicted octanol–water partition coefficient (Wildman–Crippen LogP) is 3.94. The molecule has 0 saturated carbocycles. The van der Waals surface area contributed by atoms with E-state index in [0.717, 1.165) is 56.6 Å². The lowest BCUT2D eigenvalue weighted by Gasteiger charge is -2.18. The maximum Gasteiger partial charge on any atom is 0.190 e. The number of nitrogens with zero attached hydrogens (tertiary/aromatic N) is 4. The van der Waals surface area contributed by atoms with Crippen molar-refractivity contribution < 1.29 is 0 Å². The van der Waals surface area contributed by atoms with Crippen molar-refractivity contribution >= 4 is 29.9 Å². The average Bonchev–Trinajstić information content (AvgIpc) is 2.89. The Labute approximate surface area is 182 Å². The molecule has 6 nitrogen and oxygen atoms in total. The van der Waals surface area contributed by atoms with E-state index in [1.807, 2.05) is 7.05 Å². The maximum absolute atomic E-state index is 4.41. The number of aliphatic imine (C=N–C) groups is 1. The Morgan fingerprint density at radius 3 is 2.74 bits per heavy atom. The van der Waals surface area contributed by atoms with Crippen LogP contribution in [0.15, 0.2) is 4.99 Å². The van der Waals surface area contributed by atoms with Crippen molar-refractivity contribution in [2.45, 2.75) is 84.6 Å². The highest BCUT2D eigenvalue weighted by Gasteiger charge is 2.14. The summed E-state index contributed by atoms with van der Waals surface area (Å²) in [4.78, 5) is 4.35. The number of aromatic nitrogens is 3. The molecular weight excluding hydrogens is 451 g/mol. The Morgan fingerprint density at radius 2 is 2.00 bits per heavy atom. The molecule has 0 spiro atoms. The summed E-state index contributed by atoms with van der Waals surface area (Å²) in [7, 11) is 1.85. The van der Waals surface area contributed by atoms with E-state index in [1.165, 1.54) is 50.8 Å². The van der Waals surface area contributed by atoms with Crippen LogP contribution in [-0.4, -0.2) is 40.9 Å². The minimum absolute atomic E-state index is 0. The number of hydrogen-bond acceptors (Lipinski definition) is 3. The van der Waals surface area contributed by atoms with E-state index in [0.29, 0.717) is 0 Å². The Bertz CT molecular complexity index is 543. The largest absolute Gasteiger partial charge is 0.356 e. The molecule has 2 rings (SSSR count). The monoisotopic (exact) mass is 490 g/mol. The van der Waals surface area contributed by atoms with Crippen molar-refractivity contribution in [3.05, 3.63) is 11.6 Å². The quantitative estimate of drug-likeness (QED) is 0.226. The summed E-state index contributed by atoms with van der Waals surface area (Å²) in [5.74, 6) is 3.98. The number of guanidine groups is 1. The molecule has 1 aliphatic rings. The normalized spacial score (nSPS) is 15.4. The highest BCUT2D eigenvalue weighted by atomic mass is 127. The number of aryl methyl sites for hydroxylation is 2. The van der Waals surface area contributed by atoms with Crippen LogP contribution in [0.4, 0.5) is 0 Å². The molecule has 0 aromatic carbocycles. The first-order chi connectivity index (χ1) is 12.8. The van der Waals surface area contributed by atoms with E-state index in [9.17, 15) is 0 Å². The van der Waals surface area contributed by atoms with Gasteiger partial charge in [-0.15, -0.1) is 34.2 Å². The lowest BCUT2D eigenvalue weighted by molar-refractivity contribution is 0.443. The molecule has 7 heteroatoms. The van der Waals surface area contributed by atoms with Crippen LogP contribution in [0.25, 0.3) is 0 Å². The fraction of sp³-hybridized carbons (Fsp3) is 0.850. The van der Waals surface area contributed by atoms with Crippen molar-refractivity contribution in [3.63, 3.8) is 0 Å². The zero-order valence-corrected chi connectivity index (χ0v) is 19.8. The van der Waals surface area contributed by atoms with Crippen LogP contribution in [0.2, 0.25) is 0 Å². The molecule has 2 N–H and O–H groups in total. The van der Waals surface area contributed by atoms with Gasteiger partial charge >= 0.3 is 0 Å². The molecule has 2 heterocycles. The summed E-state index contributed by atoms with van der Waals surface area (Å²) in [6, 6.07) is 0. The van der Waals surface area contributed by atoms with Crippen LogP contribution in [0, 0.1) is 5.92 Å². The molecule has 0 amide bonds. The van der Waals surface area contributed by atoms with Crippen LogP contribution >= 0.6 is 24.0 Å². The Kier molecular flexibility index (Phi) is 12.7. The Hall–Kier alpha value is -0.860. The second kappa shape index (κ2) is 14.2. The first-order valence-corrected chi connectivity index (χ1v) is 10.6. The van der Waals surface area contributed by atoms with Gasteiger partial charge in [0.05, 0.1) is 0 Å². The van der Waals surface area contributed by atoms with Crippen molar-refractivity contribution in [2.75, 3.05) is 20.1 Å². The highest BCUT2D eigenvalue weighted by Crippen LogP contribution is 2.15. The zero-order valence-electron chi connectivity index (χ0n) is 17.5. The molecule has 1 aromatic rings. The van der Waals surface area contributed by atoms with Crippen LogP contribution < -0.4 is 10.6 Å². The summed E-state index contributed by atoms with van der Waals surface area (Å²) in [6.45, 7) is 7.54. The van der Waals surface area contributed by atoms with E-state index in [1.54, 1.807) is 0 Å².